The van der Waals surface area contributed by atoms with Crippen molar-refractivity contribution in [2.45, 2.75) is 39.7 Å². The van der Waals surface area contributed by atoms with Crippen LogP contribution in [-0.4, -0.2) is 61.9 Å². The van der Waals surface area contributed by atoms with E-state index >= 15 is 0 Å². The topological polar surface area (TPSA) is 70.8 Å². The first kappa shape index (κ1) is 17.7. The minimum atomic E-state index is -0.111. The highest BCUT2D eigenvalue weighted by Gasteiger charge is 2.41. The van der Waals surface area contributed by atoms with E-state index in [0.717, 1.165) is 24.2 Å². The van der Waals surface area contributed by atoms with E-state index in [1.807, 2.05) is 36.6 Å². The maximum absolute atomic E-state index is 13.2. The Kier molecular flexibility index (Phi) is 4.45. The van der Waals surface area contributed by atoms with Gasteiger partial charge in [0.25, 0.3) is 5.91 Å². The zero-order valence-electron chi connectivity index (χ0n) is 16.1. The number of nitrogens with zero attached hydrogens (tertiary/aromatic N) is 5. The summed E-state index contributed by atoms with van der Waals surface area (Å²) in [6.45, 7) is 7.65. The van der Waals surface area contributed by atoms with E-state index in [0.29, 0.717) is 25.2 Å². The van der Waals surface area contributed by atoms with Gasteiger partial charge in [0.2, 0.25) is 5.91 Å². The SMILES string of the molecule is CC(C)=CCN1C(=O)[C@@H]2CC[C@H]1CN(C(=O)c1cnc3ccnn3c1C)C2. The smallest absolute Gasteiger partial charge is 0.257 e. The summed E-state index contributed by atoms with van der Waals surface area (Å²) >= 11 is 0. The third-order valence-electron chi connectivity index (χ3n) is 5.66. The summed E-state index contributed by atoms with van der Waals surface area (Å²) in [5.41, 5.74) is 3.25. The van der Waals surface area contributed by atoms with E-state index in [-0.39, 0.29) is 23.8 Å². The van der Waals surface area contributed by atoms with E-state index in [1.54, 1.807) is 16.9 Å². The molecule has 0 unspecified atom stereocenters. The number of piperidine rings is 1. The highest BCUT2D eigenvalue weighted by molar-refractivity contribution is 5.96. The number of hydrogen-bond donors (Lipinski definition) is 0. The van der Waals surface area contributed by atoms with Crippen LogP contribution >= 0.6 is 0 Å². The molecule has 0 radical (unpaired) electrons. The Bertz CT molecular complexity index is 928. The zero-order chi connectivity index (χ0) is 19.1. The molecule has 2 atom stereocenters. The predicted octanol–water partition coefficient (Wildman–Crippen LogP) is 2.07. The third-order valence-corrected chi connectivity index (χ3v) is 5.66. The van der Waals surface area contributed by atoms with Crippen LogP contribution in [-0.2, 0) is 4.79 Å². The highest BCUT2D eigenvalue weighted by atomic mass is 16.2. The monoisotopic (exact) mass is 367 g/mol. The summed E-state index contributed by atoms with van der Waals surface area (Å²) in [5, 5.41) is 4.25. The van der Waals surface area contributed by atoms with E-state index in [9.17, 15) is 9.59 Å². The summed E-state index contributed by atoms with van der Waals surface area (Å²) in [6.07, 6.45) is 7.20. The normalized spacial score (nSPS) is 22.3. The first-order valence-electron chi connectivity index (χ1n) is 9.48. The predicted molar refractivity (Wildman–Crippen MR) is 101 cm³/mol. The molecule has 142 valence electrons. The van der Waals surface area contributed by atoms with Crippen molar-refractivity contribution < 1.29 is 9.59 Å². The minimum Gasteiger partial charge on any atom is -0.336 e. The van der Waals surface area contributed by atoms with Gasteiger partial charge in [-0.3, -0.25) is 9.59 Å². The van der Waals surface area contributed by atoms with Gasteiger partial charge in [0.05, 0.1) is 23.4 Å². The first-order chi connectivity index (χ1) is 13.0. The standard InChI is InChI=1S/C20H25N5O2/c1-13(2)7-9-24-16-5-4-15(19(24)26)11-23(12-16)20(27)17-10-21-18-6-8-22-25(18)14(17)3/h6-8,10,15-16H,4-5,9,11-12H2,1-3H3/t15-,16+/m1/s1. The van der Waals surface area contributed by atoms with Crippen molar-refractivity contribution in [1.82, 2.24) is 24.4 Å². The summed E-state index contributed by atoms with van der Waals surface area (Å²) in [7, 11) is 0. The number of rotatable bonds is 3. The van der Waals surface area contributed by atoms with Crippen molar-refractivity contribution in [2.24, 2.45) is 5.92 Å². The molecule has 0 saturated carbocycles. The van der Waals surface area contributed by atoms with Crippen molar-refractivity contribution in [3.05, 3.63) is 41.4 Å². The molecule has 5 rings (SSSR count). The molecule has 2 aromatic rings. The Morgan fingerprint density at radius 3 is 2.89 bits per heavy atom. The molecule has 5 heterocycles. The van der Waals surface area contributed by atoms with Gasteiger partial charge < -0.3 is 9.80 Å². The molecule has 0 aliphatic carbocycles. The van der Waals surface area contributed by atoms with Crippen molar-refractivity contribution in [3.63, 3.8) is 0 Å². The summed E-state index contributed by atoms with van der Waals surface area (Å²) in [4.78, 5) is 34.2. The van der Waals surface area contributed by atoms with Crippen LogP contribution in [0.15, 0.2) is 30.1 Å². The van der Waals surface area contributed by atoms with E-state index in [1.165, 1.54) is 5.57 Å². The van der Waals surface area contributed by atoms with Crippen LogP contribution in [0.2, 0.25) is 0 Å². The molecule has 7 heteroatoms. The lowest BCUT2D eigenvalue weighted by Gasteiger charge is -2.35. The van der Waals surface area contributed by atoms with Crippen molar-refractivity contribution >= 4 is 17.5 Å². The Labute approximate surface area is 158 Å². The summed E-state index contributed by atoms with van der Waals surface area (Å²) in [5.74, 6) is 0.00236. The van der Waals surface area contributed by atoms with Crippen molar-refractivity contribution in [1.29, 1.82) is 0 Å². The maximum Gasteiger partial charge on any atom is 0.257 e. The van der Waals surface area contributed by atoms with Gasteiger partial charge in [-0.05, 0) is 33.6 Å². The second-order valence-electron chi connectivity index (χ2n) is 7.77. The van der Waals surface area contributed by atoms with E-state index < -0.39 is 0 Å². The van der Waals surface area contributed by atoms with Gasteiger partial charge in [0.1, 0.15) is 0 Å². The van der Waals surface area contributed by atoms with Gasteiger partial charge in [0, 0.05) is 37.9 Å². The molecule has 3 aliphatic heterocycles. The highest BCUT2D eigenvalue weighted by Crippen LogP contribution is 2.30. The Balaban J connectivity index is 1.61. The fourth-order valence-electron chi connectivity index (χ4n) is 4.10. The van der Waals surface area contributed by atoms with Crippen LogP contribution in [0.25, 0.3) is 5.65 Å². The molecule has 2 amide bonds. The molecular formula is C20H25N5O2. The van der Waals surface area contributed by atoms with Gasteiger partial charge in [-0.1, -0.05) is 11.6 Å². The molecule has 3 saturated heterocycles. The van der Waals surface area contributed by atoms with Crippen LogP contribution in [0.3, 0.4) is 0 Å². The van der Waals surface area contributed by atoms with Crippen LogP contribution < -0.4 is 0 Å². The lowest BCUT2D eigenvalue weighted by atomic mass is 9.94. The second-order valence-corrected chi connectivity index (χ2v) is 7.77. The average molecular weight is 367 g/mol. The molecule has 7 nitrogen and oxygen atoms in total. The van der Waals surface area contributed by atoms with Crippen LogP contribution in [0.5, 0.6) is 0 Å². The van der Waals surface area contributed by atoms with Gasteiger partial charge >= 0.3 is 0 Å². The average Bonchev–Trinajstić information content (AvgIpc) is 2.96. The number of fused-ring (bicyclic) bond motifs is 5. The van der Waals surface area contributed by atoms with Gasteiger partial charge in [-0.2, -0.15) is 5.10 Å². The molecule has 0 N–H and O–H groups in total. The zero-order valence-corrected chi connectivity index (χ0v) is 16.1. The number of carbonyl (C=O) groups is 2. The van der Waals surface area contributed by atoms with E-state index in [4.69, 9.17) is 0 Å². The quantitative estimate of drug-likeness (QED) is 0.779. The Morgan fingerprint density at radius 2 is 2.11 bits per heavy atom. The fraction of sp³-hybridized carbons (Fsp3) is 0.500. The molecule has 3 fully saturated rings. The van der Waals surface area contributed by atoms with Crippen LogP contribution in [0.4, 0.5) is 0 Å². The molecule has 0 aromatic carbocycles. The number of carbonyl (C=O) groups excluding carboxylic acids is 2. The van der Waals surface area contributed by atoms with Crippen molar-refractivity contribution in [2.75, 3.05) is 19.6 Å². The number of amides is 2. The third kappa shape index (κ3) is 3.11. The molecule has 2 aromatic heterocycles. The van der Waals surface area contributed by atoms with Crippen molar-refractivity contribution in [3.8, 4) is 0 Å². The first-order valence-corrected chi connectivity index (χ1v) is 9.48. The van der Waals surface area contributed by atoms with E-state index in [2.05, 4.69) is 16.2 Å². The van der Waals surface area contributed by atoms with Crippen LogP contribution in [0.1, 0.15) is 42.7 Å². The minimum absolute atomic E-state index is 0.0637. The Hall–Kier alpha value is -2.70. The summed E-state index contributed by atoms with van der Waals surface area (Å²) in [6, 6.07) is 1.89. The number of hydrogen-bond acceptors (Lipinski definition) is 4. The van der Waals surface area contributed by atoms with Gasteiger partial charge in [-0.25, -0.2) is 9.50 Å². The lowest BCUT2D eigenvalue weighted by molar-refractivity contribution is -0.139. The second kappa shape index (κ2) is 6.79. The Morgan fingerprint density at radius 1 is 1.30 bits per heavy atom. The lowest BCUT2D eigenvalue weighted by Crippen LogP contribution is -2.48. The largest absolute Gasteiger partial charge is 0.336 e. The molecular weight excluding hydrogens is 342 g/mol. The number of aromatic nitrogens is 3. The van der Waals surface area contributed by atoms with Crippen LogP contribution in [0, 0.1) is 12.8 Å². The molecule has 2 bridgehead atoms. The summed E-state index contributed by atoms with van der Waals surface area (Å²) < 4.78 is 1.69. The fourth-order valence-corrected chi connectivity index (χ4v) is 4.10. The molecule has 0 spiro atoms. The number of aryl methyl sites for hydroxylation is 1. The van der Waals surface area contributed by atoms with Gasteiger partial charge in [-0.15, -0.1) is 0 Å². The number of allylic oxidation sites excluding steroid dienone is 1. The maximum atomic E-state index is 13.2. The molecule has 3 aliphatic rings. The molecule has 27 heavy (non-hydrogen) atoms. The van der Waals surface area contributed by atoms with Gasteiger partial charge in [0.15, 0.2) is 5.65 Å².